The topological polar surface area (TPSA) is 59.4 Å². The lowest BCUT2D eigenvalue weighted by atomic mass is 9.73. The highest BCUT2D eigenvalue weighted by Gasteiger charge is 2.38. The van der Waals surface area contributed by atoms with Gasteiger partial charge in [0, 0.05) is 30.2 Å². The van der Waals surface area contributed by atoms with E-state index >= 15 is 0 Å². The van der Waals surface area contributed by atoms with Crippen LogP contribution in [-0.4, -0.2) is 48.1 Å². The minimum Gasteiger partial charge on any atom is -0.319 e. The van der Waals surface area contributed by atoms with Crippen LogP contribution in [0.4, 0.5) is 14.9 Å². The Balaban J connectivity index is 1.57. The largest absolute Gasteiger partial charge is 0.322 e. The van der Waals surface area contributed by atoms with Gasteiger partial charge in [0.05, 0.1) is 16.7 Å². The highest BCUT2D eigenvalue weighted by atomic mass is 35.5. The summed E-state index contributed by atoms with van der Waals surface area (Å²) in [6, 6.07) is 13.9. The van der Waals surface area contributed by atoms with Gasteiger partial charge in [0.25, 0.3) is 0 Å². The molecule has 1 unspecified atom stereocenters. The number of carbonyl (C=O) groups excluding carboxylic acids is 1. The van der Waals surface area contributed by atoms with Crippen molar-refractivity contribution < 1.29 is 9.18 Å². The number of rotatable bonds is 6. The zero-order chi connectivity index (χ0) is 25.0. The number of anilines is 1. The molecule has 0 radical (unpaired) electrons. The predicted molar refractivity (Wildman–Crippen MR) is 139 cm³/mol. The monoisotopic (exact) mass is 494 g/mol. The number of nitrogens with one attached hydrogen (secondary N) is 1. The van der Waals surface area contributed by atoms with E-state index in [-0.39, 0.29) is 22.5 Å². The third-order valence-corrected chi connectivity index (χ3v) is 7.41. The molecule has 4 rings (SSSR count). The lowest BCUT2D eigenvalue weighted by Crippen LogP contribution is -2.52. The van der Waals surface area contributed by atoms with Crippen molar-refractivity contribution >= 4 is 28.9 Å². The van der Waals surface area contributed by atoms with Crippen LogP contribution in [0.3, 0.4) is 0 Å². The quantitative estimate of drug-likeness (QED) is 0.495. The van der Waals surface area contributed by atoms with Crippen LogP contribution in [0.2, 0.25) is 5.02 Å². The van der Waals surface area contributed by atoms with Crippen molar-refractivity contribution in [3.05, 3.63) is 70.5 Å². The average molecular weight is 495 g/mol. The highest BCUT2D eigenvalue weighted by molar-refractivity contribution is 6.31. The Hall–Kier alpha value is -2.88. The first-order valence-corrected chi connectivity index (χ1v) is 12.6. The number of nitriles is 1. The summed E-state index contributed by atoms with van der Waals surface area (Å²) in [5, 5.41) is 12.2. The third-order valence-electron chi connectivity index (χ3n) is 7.12. The second-order valence-corrected chi connectivity index (χ2v) is 10.4. The SMILES string of the molecule is CC1(C)C=C(c2cccc(C#N)c2)CCC1N(CCN1CCCC1)C(=O)Nc1ccc(F)c(Cl)c1. The zero-order valence-electron chi connectivity index (χ0n) is 20.4. The number of carbonyl (C=O) groups is 1. The van der Waals surface area contributed by atoms with E-state index in [1.54, 1.807) is 0 Å². The van der Waals surface area contributed by atoms with Crippen LogP contribution in [0, 0.1) is 22.6 Å². The Morgan fingerprint density at radius 2 is 2.03 bits per heavy atom. The van der Waals surface area contributed by atoms with E-state index in [0.29, 0.717) is 17.8 Å². The second-order valence-electron chi connectivity index (χ2n) is 10.0. The molecule has 2 aromatic rings. The van der Waals surface area contributed by atoms with Crippen LogP contribution < -0.4 is 5.32 Å². The van der Waals surface area contributed by atoms with Crippen molar-refractivity contribution in [1.82, 2.24) is 9.80 Å². The fourth-order valence-corrected chi connectivity index (χ4v) is 5.46. The van der Waals surface area contributed by atoms with Crippen LogP contribution in [0.1, 0.15) is 50.7 Å². The molecular formula is C28H32ClFN4O. The van der Waals surface area contributed by atoms with E-state index in [1.807, 2.05) is 29.2 Å². The second kappa shape index (κ2) is 10.8. The summed E-state index contributed by atoms with van der Waals surface area (Å²) in [7, 11) is 0. The first-order chi connectivity index (χ1) is 16.8. The third kappa shape index (κ3) is 6.04. The van der Waals surface area contributed by atoms with Crippen LogP contribution in [-0.2, 0) is 0 Å². The average Bonchev–Trinajstić information content (AvgIpc) is 3.36. The molecule has 2 aliphatic rings. The molecule has 0 spiro atoms. The molecule has 1 aliphatic carbocycles. The van der Waals surface area contributed by atoms with Crippen molar-refractivity contribution in [2.75, 3.05) is 31.5 Å². The molecule has 0 saturated carbocycles. The smallest absolute Gasteiger partial charge is 0.319 e. The van der Waals surface area contributed by atoms with Gasteiger partial charge in [-0.15, -0.1) is 0 Å². The van der Waals surface area contributed by atoms with Crippen molar-refractivity contribution in [3.8, 4) is 6.07 Å². The number of urea groups is 1. The summed E-state index contributed by atoms with van der Waals surface area (Å²) < 4.78 is 13.6. The van der Waals surface area contributed by atoms with E-state index < -0.39 is 5.82 Å². The summed E-state index contributed by atoms with van der Waals surface area (Å²) >= 11 is 5.94. The van der Waals surface area contributed by atoms with Crippen molar-refractivity contribution in [2.24, 2.45) is 5.41 Å². The Bertz CT molecular complexity index is 1150. The Kier molecular flexibility index (Phi) is 7.78. The van der Waals surface area contributed by atoms with Gasteiger partial charge in [0.1, 0.15) is 5.82 Å². The number of likely N-dealkylation sites (tertiary alicyclic amines) is 1. The molecule has 1 fully saturated rings. The molecule has 1 N–H and O–H groups in total. The van der Waals surface area contributed by atoms with Gasteiger partial charge in [-0.1, -0.05) is 43.7 Å². The van der Waals surface area contributed by atoms with Gasteiger partial charge in [-0.3, -0.25) is 0 Å². The molecule has 5 nitrogen and oxygen atoms in total. The summed E-state index contributed by atoms with van der Waals surface area (Å²) in [6.07, 6.45) is 6.28. The van der Waals surface area contributed by atoms with E-state index in [1.165, 1.54) is 36.6 Å². The first-order valence-electron chi connectivity index (χ1n) is 12.2. The predicted octanol–water partition coefficient (Wildman–Crippen LogP) is 6.55. The molecule has 1 saturated heterocycles. The van der Waals surface area contributed by atoms with E-state index in [9.17, 15) is 14.4 Å². The molecule has 2 amide bonds. The van der Waals surface area contributed by atoms with Crippen molar-refractivity contribution in [2.45, 2.75) is 45.6 Å². The Morgan fingerprint density at radius 1 is 1.26 bits per heavy atom. The maximum Gasteiger partial charge on any atom is 0.322 e. The van der Waals surface area contributed by atoms with Crippen LogP contribution in [0.15, 0.2) is 48.5 Å². The molecule has 0 aromatic heterocycles. The molecule has 7 heteroatoms. The van der Waals surface area contributed by atoms with Gasteiger partial charge in [0.2, 0.25) is 0 Å². The number of halogens is 2. The van der Waals surface area contributed by atoms with E-state index in [4.69, 9.17) is 11.6 Å². The molecule has 1 heterocycles. The highest BCUT2D eigenvalue weighted by Crippen LogP contribution is 2.41. The molecule has 1 atom stereocenters. The number of allylic oxidation sites excluding steroid dienone is 1. The van der Waals surface area contributed by atoms with Crippen LogP contribution in [0.25, 0.3) is 5.57 Å². The number of benzene rings is 2. The Labute approximate surface area is 212 Å². The lowest BCUT2D eigenvalue weighted by Gasteiger charge is -2.44. The van der Waals surface area contributed by atoms with Crippen molar-refractivity contribution in [1.29, 1.82) is 5.26 Å². The van der Waals surface area contributed by atoms with Crippen molar-refractivity contribution in [3.63, 3.8) is 0 Å². The Morgan fingerprint density at radius 3 is 2.71 bits per heavy atom. The summed E-state index contributed by atoms with van der Waals surface area (Å²) in [5.74, 6) is -0.512. The molecule has 0 bridgehead atoms. The van der Waals surface area contributed by atoms with Gasteiger partial charge in [0.15, 0.2) is 0 Å². The molecule has 35 heavy (non-hydrogen) atoms. The summed E-state index contributed by atoms with van der Waals surface area (Å²) in [6.45, 7) is 7.89. The lowest BCUT2D eigenvalue weighted by molar-refractivity contribution is 0.121. The summed E-state index contributed by atoms with van der Waals surface area (Å²) in [4.78, 5) is 17.9. The van der Waals surface area contributed by atoms with E-state index in [0.717, 1.165) is 38.0 Å². The molecule has 1 aliphatic heterocycles. The van der Waals surface area contributed by atoms with Gasteiger partial charge in [-0.2, -0.15) is 5.26 Å². The van der Waals surface area contributed by atoms with Gasteiger partial charge in [-0.25, -0.2) is 9.18 Å². The van der Waals surface area contributed by atoms with Gasteiger partial charge in [-0.05, 0) is 80.2 Å². The molecular weight excluding hydrogens is 463 g/mol. The minimum absolute atomic E-state index is 0.0103. The maximum absolute atomic E-state index is 13.6. The minimum atomic E-state index is -0.512. The molecule has 184 valence electrons. The fraction of sp³-hybridized carbons (Fsp3) is 0.429. The number of nitrogens with zero attached hydrogens (tertiary/aromatic N) is 3. The van der Waals surface area contributed by atoms with Crippen LogP contribution in [0.5, 0.6) is 0 Å². The van der Waals surface area contributed by atoms with E-state index in [2.05, 4.69) is 36.2 Å². The van der Waals surface area contributed by atoms with Gasteiger partial charge < -0.3 is 15.1 Å². The fourth-order valence-electron chi connectivity index (χ4n) is 5.28. The normalized spacial score (nSPS) is 19.6. The zero-order valence-corrected chi connectivity index (χ0v) is 21.1. The van der Waals surface area contributed by atoms with Crippen LogP contribution >= 0.6 is 11.6 Å². The summed E-state index contributed by atoms with van der Waals surface area (Å²) in [5.41, 5.74) is 3.11. The number of hydrogen-bond donors (Lipinski definition) is 1. The number of hydrogen-bond acceptors (Lipinski definition) is 3. The first kappa shape index (κ1) is 25.2. The standard InChI is InChI=1S/C28H32ClFN4O/c1-28(2)18-22(21-7-5-6-20(16-21)19-31)8-11-26(28)34(15-14-33-12-3-4-13-33)27(35)32-23-9-10-25(30)24(29)17-23/h5-7,9-10,16-18,26H,3-4,8,11-15H2,1-2H3,(H,32,35). The van der Waals surface area contributed by atoms with Gasteiger partial charge >= 0.3 is 6.03 Å². The molecule has 2 aromatic carbocycles. The maximum atomic E-state index is 13.6. The number of amides is 2.